The number of rotatable bonds is 3. The molecule has 0 spiro atoms. The summed E-state index contributed by atoms with van der Waals surface area (Å²) in [7, 11) is -1.79. The highest BCUT2D eigenvalue weighted by molar-refractivity contribution is 6.74. The quantitative estimate of drug-likeness (QED) is 0.824. The van der Waals surface area contributed by atoms with Gasteiger partial charge in [-0.15, -0.1) is 0 Å². The predicted molar refractivity (Wildman–Crippen MR) is 87.7 cm³/mol. The Morgan fingerprint density at radius 3 is 2.50 bits per heavy atom. The van der Waals surface area contributed by atoms with Crippen molar-refractivity contribution in [2.75, 3.05) is 0 Å². The lowest BCUT2D eigenvalue weighted by atomic mass is 10.1. The Kier molecular flexibility index (Phi) is 3.95. The lowest BCUT2D eigenvalue weighted by molar-refractivity contribution is 0.492. The van der Waals surface area contributed by atoms with Crippen LogP contribution in [0.1, 0.15) is 26.3 Å². The summed E-state index contributed by atoms with van der Waals surface area (Å²) in [4.78, 5) is 0. The molecule has 4 heteroatoms. The Morgan fingerprint density at radius 1 is 1.15 bits per heavy atom. The van der Waals surface area contributed by atoms with Crippen molar-refractivity contribution in [2.24, 2.45) is 0 Å². The molecular formula is C16H24N2OSi. The molecule has 1 aliphatic rings. The Hall–Kier alpha value is -1.68. The first-order valence-corrected chi connectivity index (χ1v) is 9.88. The van der Waals surface area contributed by atoms with E-state index in [1.165, 1.54) is 0 Å². The molecule has 2 N–H and O–H groups in total. The van der Waals surface area contributed by atoms with Crippen LogP contribution in [0.5, 0.6) is 5.75 Å². The van der Waals surface area contributed by atoms with Gasteiger partial charge in [0.2, 0.25) is 8.32 Å². The summed E-state index contributed by atoms with van der Waals surface area (Å²) in [5.41, 5.74) is 8.30. The van der Waals surface area contributed by atoms with E-state index in [4.69, 9.17) is 4.43 Å². The lowest BCUT2D eigenvalue weighted by Crippen LogP contribution is -2.43. The number of nitrogens with one attached hydrogen (secondary N) is 2. The molecule has 108 valence electrons. The van der Waals surface area contributed by atoms with E-state index in [0.29, 0.717) is 0 Å². The molecule has 1 aliphatic heterocycles. The summed E-state index contributed by atoms with van der Waals surface area (Å²) in [6.07, 6.45) is 5.88. The maximum Gasteiger partial charge on any atom is 0.250 e. The fourth-order valence-corrected chi connectivity index (χ4v) is 2.72. The molecule has 0 fully saturated rings. The second-order valence-electron chi connectivity index (χ2n) is 6.60. The number of benzene rings is 1. The third-order valence-electron chi connectivity index (χ3n) is 3.97. The van der Waals surface area contributed by atoms with E-state index in [9.17, 15) is 0 Å². The highest BCUT2D eigenvalue weighted by atomic mass is 28.4. The smallest absolute Gasteiger partial charge is 0.250 e. The van der Waals surface area contributed by atoms with Crippen LogP contribution in [0.4, 0.5) is 0 Å². The average Bonchev–Trinajstić information content (AvgIpc) is 2.38. The highest BCUT2D eigenvalue weighted by Gasteiger charge is 2.38. The summed E-state index contributed by atoms with van der Waals surface area (Å²) in [5, 5.41) is 0.204. The summed E-state index contributed by atoms with van der Waals surface area (Å²) < 4.78 is 6.34. The van der Waals surface area contributed by atoms with Gasteiger partial charge >= 0.3 is 0 Å². The largest absolute Gasteiger partial charge is 0.543 e. The lowest BCUT2D eigenvalue weighted by Gasteiger charge is -2.36. The third-order valence-corrected chi connectivity index (χ3v) is 8.33. The maximum absolute atomic E-state index is 6.34. The first-order chi connectivity index (χ1) is 9.29. The van der Waals surface area contributed by atoms with Crippen molar-refractivity contribution in [3.05, 3.63) is 48.2 Å². The Morgan fingerprint density at radius 2 is 1.90 bits per heavy atom. The molecule has 1 aromatic rings. The zero-order valence-corrected chi connectivity index (χ0v) is 13.9. The minimum Gasteiger partial charge on any atom is -0.543 e. The van der Waals surface area contributed by atoms with Crippen molar-refractivity contribution in [3.63, 3.8) is 0 Å². The van der Waals surface area contributed by atoms with E-state index in [2.05, 4.69) is 56.8 Å². The Labute approximate surface area is 122 Å². The summed E-state index contributed by atoms with van der Waals surface area (Å²) in [5.74, 6) is 0.950. The molecule has 0 bridgehead atoms. The molecular weight excluding hydrogens is 264 g/mol. The maximum atomic E-state index is 6.34. The van der Waals surface area contributed by atoms with Crippen molar-refractivity contribution < 1.29 is 4.43 Å². The van der Waals surface area contributed by atoms with Crippen LogP contribution in [0.2, 0.25) is 18.1 Å². The Bertz CT molecular complexity index is 542. The van der Waals surface area contributed by atoms with Gasteiger partial charge in [0.1, 0.15) is 5.75 Å². The van der Waals surface area contributed by atoms with Crippen LogP contribution in [0.15, 0.2) is 42.6 Å². The second kappa shape index (κ2) is 5.36. The fraction of sp³-hybridized carbons (Fsp3) is 0.375. The van der Waals surface area contributed by atoms with Crippen molar-refractivity contribution in [2.45, 2.75) is 38.9 Å². The van der Waals surface area contributed by atoms with Crippen molar-refractivity contribution >= 4 is 14.0 Å². The SMILES string of the molecule is CC(C)(C)[Si](C)(C)Oc1cccc(C2=CC=CNN2)c1. The topological polar surface area (TPSA) is 33.3 Å². The van der Waals surface area contributed by atoms with Crippen LogP contribution in [-0.2, 0) is 0 Å². The van der Waals surface area contributed by atoms with Gasteiger partial charge in [0.05, 0.1) is 5.70 Å². The van der Waals surface area contributed by atoms with Gasteiger partial charge in [-0.05, 0) is 42.4 Å². The van der Waals surface area contributed by atoms with Crippen LogP contribution >= 0.6 is 0 Å². The molecule has 0 saturated heterocycles. The molecule has 0 aliphatic carbocycles. The molecule has 1 aromatic carbocycles. The van der Waals surface area contributed by atoms with Crippen LogP contribution in [0, 0.1) is 0 Å². The normalized spacial score (nSPS) is 15.2. The van der Waals surface area contributed by atoms with Crippen LogP contribution in [-0.4, -0.2) is 8.32 Å². The zero-order chi connectivity index (χ0) is 14.8. The van der Waals surface area contributed by atoms with E-state index in [-0.39, 0.29) is 5.04 Å². The number of hydrogen-bond donors (Lipinski definition) is 2. The van der Waals surface area contributed by atoms with Crippen molar-refractivity contribution in [1.29, 1.82) is 0 Å². The molecule has 3 nitrogen and oxygen atoms in total. The minimum atomic E-state index is -1.79. The van der Waals surface area contributed by atoms with Gasteiger partial charge < -0.3 is 15.3 Å². The van der Waals surface area contributed by atoms with Crippen LogP contribution in [0.3, 0.4) is 0 Å². The van der Waals surface area contributed by atoms with E-state index >= 15 is 0 Å². The molecule has 0 aromatic heterocycles. The van der Waals surface area contributed by atoms with E-state index in [1.807, 2.05) is 30.5 Å². The third kappa shape index (κ3) is 3.25. The monoisotopic (exact) mass is 288 g/mol. The number of allylic oxidation sites excluding steroid dienone is 2. The molecule has 0 atom stereocenters. The van der Waals surface area contributed by atoms with Crippen molar-refractivity contribution in [1.82, 2.24) is 10.9 Å². The zero-order valence-electron chi connectivity index (χ0n) is 12.9. The predicted octanol–water partition coefficient (Wildman–Crippen LogP) is 4.03. The molecule has 0 unspecified atom stereocenters. The summed E-state index contributed by atoms with van der Waals surface area (Å²) in [6.45, 7) is 11.3. The summed E-state index contributed by atoms with van der Waals surface area (Å²) >= 11 is 0. The van der Waals surface area contributed by atoms with Crippen LogP contribution in [0.25, 0.3) is 5.70 Å². The second-order valence-corrected chi connectivity index (χ2v) is 11.3. The first-order valence-electron chi connectivity index (χ1n) is 6.97. The molecule has 2 rings (SSSR count). The Balaban J connectivity index is 2.23. The molecule has 20 heavy (non-hydrogen) atoms. The highest BCUT2D eigenvalue weighted by Crippen LogP contribution is 2.37. The van der Waals surface area contributed by atoms with Gasteiger partial charge in [-0.2, -0.15) is 0 Å². The first kappa shape index (κ1) is 14.7. The van der Waals surface area contributed by atoms with Gasteiger partial charge in [-0.25, -0.2) is 0 Å². The number of hydrazine groups is 1. The van der Waals surface area contributed by atoms with Gasteiger partial charge in [-0.1, -0.05) is 32.9 Å². The standard InChI is InChI=1S/C16H24N2OSi/c1-16(2,3)20(4,5)19-14-9-6-8-13(12-14)15-10-7-11-17-18-15/h6-12,17-18H,1-5H3. The number of hydrogen-bond acceptors (Lipinski definition) is 3. The van der Waals surface area contributed by atoms with Crippen molar-refractivity contribution in [3.8, 4) is 5.75 Å². The molecule has 0 saturated carbocycles. The van der Waals surface area contributed by atoms with Gasteiger partial charge in [0, 0.05) is 11.8 Å². The average molecular weight is 288 g/mol. The minimum absolute atomic E-state index is 0.204. The fourth-order valence-electron chi connectivity index (χ4n) is 1.70. The molecule has 0 radical (unpaired) electrons. The van der Waals surface area contributed by atoms with E-state index in [0.717, 1.165) is 17.0 Å². The summed E-state index contributed by atoms with van der Waals surface area (Å²) in [6, 6.07) is 8.26. The molecule has 1 heterocycles. The van der Waals surface area contributed by atoms with Gasteiger partial charge in [0.15, 0.2) is 0 Å². The van der Waals surface area contributed by atoms with Crippen LogP contribution < -0.4 is 15.3 Å². The van der Waals surface area contributed by atoms with E-state index < -0.39 is 8.32 Å². The van der Waals surface area contributed by atoms with E-state index in [1.54, 1.807) is 0 Å². The van der Waals surface area contributed by atoms with Gasteiger partial charge in [-0.3, -0.25) is 0 Å². The van der Waals surface area contributed by atoms with Gasteiger partial charge in [0.25, 0.3) is 0 Å². The molecule has 0 amide bonds.